The van der Waals surface area contributed by atoms with Crippen LogP contribution in [0, 0.1) is 0 Å². The lowest BCUT2D eigenvalue weighted by molar-refractivity contribution is 0.0924. The third kappa shape index (κ3) is 3.79. The molecule has 1 aromatic rings. The summed E-state index contributed by atoms with van der Waals surface area (Å²) in [4.78, 5) is 15.7. The lowest BCUT2D eigenvalue weighted by Crippen LogP contribution is -2.35. The second-order valence-corrected chi connectivity index (χ2v) is 3.89. The van der Waals surface area contributed by atoms with Crippen LogP contribution in [-0.2, 0) is 0 Å². The molecule has 1 unspecified atom stereocenters. The lowest BCUT2D eigenvalue weighted by atomic mass is 10.1. The predicted octanol–water partition coefficient (Wildman–Crippen LogP) is 1.63. The van der Waals surface area contributed by atoms with E-state index in [0.717, 1.165) is 6.42 Å². The van der Waals surface area contributed by atoms with Gasteiger partial charge in [-0.25, -0.2) is 0 Å². The van der Waals surface area contributed by atoms with Crippen molar-refractivity contribution in [1.82, 2.24) is 10.3 Å². The number of nitrogens with one attached hydrogen (secondary N) is 1. The van der Waals surface area contributed by atoms with Crippen LogP contribution in [0.15, 0.2) is 18.3 Å². The van der Waals surface area contributed by atoms with Crippen LogP contribution < -0.4 is 5.32 Å². The number of amides is 1. The summed E-state index contributed by atoms with van der Waals surface area (Å²) in [5, 5.41) is 12.1. The summed E-state index contributed by atoms with van der Waals surface area (Å²) < 4.78 is 0. The fourth-order valence-electron chi connectivity index (χ4n) is 1.32. The third-order valence-corrected chi connectivity index (χ3v) is 2.50. The minimum Gasteiger partial charge on any atom is -0.396 e. The molecule has 1 rings (SSSR count). The molecule has 0 radical (unpaired) electrons. The quantitative estimate of drug-likeness (QED) is 0.825. The van der Waals surface area contributed by atoms with Gasteiger partial charge in [0.05, 0.1) is 0 Å². The van der Waals surface area contributed by atoms with Gasteiger partial charge in [0.15, 0.2) is 0 Å². The van der Waals surface area contributed by atoms with Crippen molar-refractivity contribution in [1.29, 1.82) is 0 Å². The van der Waals surface area contributed by atoms with Crippen LogP contribution in [0.4, 0.5) is 0 Å². The molecule has 2 N–H and O–H groups in total. The van der Waals surface area contributed by atoms with E-state index in [4.69, 9.17) is 16.7 Å². The number of aliphatic hydroxyl groups excluding tert-OH is 1. The molecule has 5 heteroatoms. The zero-order valence-corrected chi connectivity index (χ0v) is 9.87. The Labute approximate surface area is 99.6 Å². The van der Waals surface area contributed by atoms with E-state index in [9.17, 15) is 4.79 Å². The lowest BCUT2D eigenvalue weighted by Gasteiger charge is -2.15. The Morgan fingerprint density at radius 2 is 2.44 bits per heavy atom. The van der Waals surface area contributed by atoms with Crippen molar-refractivity contribution in [3.8, 4) is 0 Å². The molecule has 1 atom stereocenters. The van der Waals surface area contributed by atoms with Crippen molar-refractivity contribution in [2.24, 2.45) is 0 Å². The molecule has 4 nitrogen and oxygen atoms in total. The third-order valence-electron chi connectivity index (χ3n) is 2.26. The fourth-order valence-corrected chi connectivity index (χ4v) is 1.48. The first kappa shape index (κ1) is 12.9. The maximum absolute atomic E-state index is 11.7. The minimum atomic E-state index is -0.261. The zero-order valence-electron chi connectivity index (χ0n) is 9.11. The molecule has 0 aliphatic carbocycles. The first-order chi connectivity index (χ1) is 7.67. The number of pyridine rings is 1. The first-order valence-corrected chi connectivity index (χ1v) is 5.58. The number of hydrogen-bond donors (Lipinski definition) is 2. The largest absolute Gasteiger partial charge is 0.396 e. The molecule has 1 aromatic heterocycles. The van der Waals surface area contributed by atoms with Gasteiger partial charge in [0.2, 0.25) is 0 Å². The van der Waals surface area contributed by atoms with Crippen molar-refractivity contribution < 1.29 is 9.90 Å². The van der Waals surface area contributed by atoms with Gasteiger partial charge in [0.1, 0.15) is 5.69 Å². The summed E-state index contributed by atoms with van der Waals surface area (Å²) in [6.45, 7) is 2.01. The highest BCUT2D eigenvalue weighted by atomic mass is 35.5. The van der Waals surface area contributed by atoms with Gasteiger partial charge >= 0.3 is 0 Å². The second-order valence-electron chi connectivity index (χ2n) is 3.45. The molecule has 1 heterocycles. The van der Waals surface area contributed by atoms with E-state index >= 15 is 0 Å². The van der Waals surface area contributed by atoms with Crippen LogP contribution in [0.25, 0.3) is 0 Å². The van der Waals surface area contributed by atoms with Gasteiger partial charge in [-0.05, 0) is 25.0 Å². The SMILES string of the molecule is CCC(CCO)NC(=O)c1cc(Cl)ccn1. The molecule has 0 aliphatic rings. The fraction of sp³-hybridized carbons (Fsp3) is 0.455. The van der Waals surface area contributed by atoms with Gasteiger partial charge in [-0.3, -0.25) is 9.78 Å². The molecular formula is C11H15ClN2O2. The van der Waals surface area contributed by atoms with E-state index in [-0.39, 0.29) is 18.6 Å². The van der Waals surface area contributed by atoms with Crippen LogP contribution in [-0.4, -0.2) is 28.6 Å². The number of aromatic nitrogens is 1. The number of halogens is 1. The average molecular weight is 243 g/mol. The van der Waals surface area contributed by atoms with Gasteiger partial charge in [-0.2, -0.15) is 0 Å². The van der Waals surface area contributed by atoms with Crippen LogP contribution in [0.1, 0.15) is 30.3 Å². The average Bonchev–Trinajstić information content (AvgIpc) is 2.28. The molecule has 0 bridgehead atoms. The number of aliphatic hydroxyl groups is 1. The molecule has 0 spiro atoms. The van der Waals surface area contributed by atoms with Crippen molar-refractivity contribution in [3.63, 3.8) is 0 Å². The molecule has 0 saturated heterocycles. The van der Waals surface area contributed by atoms with Gasteiger partial charge in [-0.15, -0.1) is 0 Å². The van der Waals surface area contributed by atoms with E-state index in [1.54, 1.807) is 6.07 Å². The number of hydrogen-bond acceptors (Lipinski definition) is 3. The zero-order chi connectivity index (χ0) is 12.0. The molecule has 0 saturated carbocycles. The van der Waals surface area contributed by atoms with E-state index in [2.05, 4.69) is 10.3 Å². The Hall–Kier alpha value is -1.13. The maximum Gasteiger partial charge on any atom is 0.270 e. The van der Waals surface area contributed by atoms with E-state index in [1.807, 2.05) is 6.92 Å². The standard InChI is InChI=1S/C11H15ClN2O2/c1-2-9(4-6-15)14-11(16)10-7-8(12)3-5-13-10/h3,5,7,9,15H,2,4,6H2,1H3,(H,14,16). The minimum absolute atomic E-state index is 0.0294. The van der Waals surface area contributed by atoms with Gasteiger partial charge in [0, 0.05) is 23.9 Å². The van der Waals surface area contributed by atoms with E-state index in [1.165, 1.54) is 12.3 Å². The molecular weight excluding hydrogens is 228 g/mol. The summed E-state index contributed by atoms with van der Waals surface area (Å²) >= 11 is 5.76. The van der Waals surface area contributed by atoms with Crippen molar-refractivity contribution >= 4 is 17.5 Å². The highest BCUT2D eigenvalue weighted by Crippen LogP contribution is 2.08. The Morgan fingerprint density at radius 3 is 3.00 bits per heavy atom. The van der Waals surface area contributed by atoms with Crippen LogP contribution >= 0.6 is 11.6 Å². The summed E-state index contributed by atoms with van der Waals surface area (Å²) in [5.41, 5.74) is 0.295. The monoisotopic (exact) mass is 242 g/mol. The second kappa shape index (κ2) is 6.45. The Kier molecular flexibility index (Phi) is 5.22. The summed E-state index contributed by atoms with van der Waals surface area (Å²) in [7, 11) is 0. The van der Waals surface area contributed by atoms with Crippen molar-refractivity contribution in [3.05, 3.63) is 29.0 Å². The summed E-state index contributed by atoms with van der Waals surface area (Å²) in [5.74, 6) is -0.261. The number of carbonyl (C=O) groups is 1. The Morgan fingerprint density at radius 1 is 1.69 bits per heavy atom. The van der Waals surface area contributed by atoms with Crippen LogP contribution in [0.5, 0.6) is 0 Å². The van der Waals surface area contributed by atoms with Crippen LogP contribution in [0.2, 0.25) is 5.02 Å². The molecule has 0 aromatic carbocycles. The summed E-state index contributed by atoms with van der Waals surface area (Å²) in [6.07, 6.45) is 2.81. The molecule has 1 amide bonds. The predicted molar refractivity (Wildman–Crippen MR) is 62.5 cm³/mol. The van der Waals surface area contributed by atoms with Gasteiger partial charge in [0.25, 0.3) is 5.91 Å². The number of rotatable bonds is 5. The molecule has 88 valence electrons. The topological polar surface area (TPSA) is 62.2 Å². The van der Waals surface area contributed by atoms with Crippen molar-refractivity contribution in [2.45, 2.75) is 25.8 Å². The van der Waals surface area contributed by atoms with Crippen molar-refractivity contribution in [2.75, 3.05) is 6.61 Å². The summed E-state index contributed by atoms with van der Waals surface area (Å²) in [6, 6.07) is 3.10. The molecule has 16 heavy (non-hydrogen) atoms. The van der Waals surface area contributed by atoms with E-state index < -0.39 is 0 Å². The number of carbonyl (C=O) groups excluding carboxylic acids is 1. The number of nitrogens with zero attached hydrogens (tertiary/aromatic N) is 1. The molecule has 0 aliphatic heterocycles. The van der Waals surface area contributed by atoms with Gasteiger partial charge < -0.3 is 10.4 Å². The van der Waals surface area contributed by atoms with Gasteiger partial charge in [-0.1, -0.05) is 18.5 Å². The highest BCUT2D eigenvalue weighted by Gasteiger charge is 2.12. The molecule has 0 fully saturated rings. The first-order valence-electron chi connectivity index (χ1n) is 5.20. The smallest absolute Gasteiger partial charge is 0.270 e. The Bertz CT molecular complexity index is 358. The van der Waals surface area contributed by atoms with E-state index in [0.29, 0.717) is 17.1 Å². The maximum atomic E-state index is 11.7. The Balaban J connectivity index is 2.64. The normalized spacial score (nSPS) is 12.2. The van der Waals surface area contributed by atoms with Crippen LogP contribution in [0.3, 0.4) is 0 Å². The highest BCUT2D eigenvalue weighted by molar-refractivity contribution is 6.30.